The molecular formula is C21H24BrN3O5. The van der Waals surface area contributed by atoms with E-state index in [9.17, 15) is 9.59 Å². The average molecular weight is 478 g/mol. The third-order valence-corrected chi connectivity index (χ3v) is 4.48. The predicted molar refractivity (Wildman–Crippen MR) is 118 cm³/mol. The number of hydrazone groups is 1. The van der Waals surface area contributed by atoms with Gasteiger partial charge in [-0.05, 0) is 64.8 Å². The number of hydrogen-bond donors (Lipinski definition) is 2. The van der Waals surface area contributed by atoms with Crippen LogP contribution in [0.3, 0.4) is 0 Å². The number of anilines is 1. The fraction of sp³-hybridized carbons (Fsp3) is 0.286. The molecule has 2 aromatic carbocycles. The second kappa shape index (κ2) is 11.8. The Morgan fingerprint density at radius 1 is 1.07 bits per heavy atom. The number of hydrogen-bond acceptors (Lipinski definition) is 6. The summed E-state index contributed by atoms with van der Waals surface area (Å²) in [5.74, 6) is 1.20. The molecule has 9 heteroatoms. The fourth-order valence-corrected chi connectivity index (χ4v) is 3.12. The van der Waals surface area contributed by atoms with Crippen LogP contribution in [0.5, 0.6) is 17.2 Å². The lowest BCUT2D eigenvalue weighted by atomic mass is 10.2. The molecular weight excluding hydrogens is 454 g/mol. The molecule has 0 aromatic heterocycles. The van der Waals surface area contributed by atoms with Crippen molar-refractivity contribution in [2.75, 3.05) is 26.1 Å². The molecule has 0 aliphatic carbocycles. The molecule has 2 rings (SSSR count). The van der Waals surface area contributed by atoms with Gasteiger partial charge in [-0.15, -0.1) is 0 Å². The molecule has 0 heterocycles. The topological polar surface area (TPSA) is 98.2 Å². The molecule has 0 unspecified atom stereocenters. The van der Waals surface area contributed by atoms with E-state index in [2.05, 4.69) is 31.8 Å². The quantitative estimate of drug-likeness (QED) is 0.401. The van der Waals surface area contributed by atoms with Crippen molar-refractivity contribution in [2.24, 2.45) is 5.10 Å². The molecule has 0 spiro atoms. The highest BCUT2D eigenvalue weighted by atomic mass is 79.9. The molecule has 0 aliphatic heterocycles. The zero-order valence-electron chi connectivity index (χ0n) is 17.0. The van der Waals surface area contributed by atoms with Crippen molar-refractivity contribution in [2.45, 2.75) is 19.8 Å². The number of amides is 2. The van der Waals surface area contributed by atoms with Crippen LogP contribution in [0.1, 0.15) is 25.3 Å². The van der Waals surface area contributed by atoms with Gasteiger partial charge in [0.15, 0.2) is 11.5 Å². The van der Waals surface area contributed by atoms with Gasteiger partial charge < -0.3 is 19.5 Å². The smallest absolute Gasteiger partial charge is 0.240 e. The van der Waals surface area contributed by atoms with Crippen LogP contribution < -0.4 is 25.0 Å². The van der Waals surface area contributed by atoms with Gasteiger partial charge in [-0.1, -0.05) is 0 Å². The summed E-state index contributed by atoms with van der Waals surface area (Å²) in [5, 5.41) is 6.65. The highest BCUT2D eigenvalue weighted by Gasteiger charge is 2.10. The molecule has 30 heavy (non-hydrogen) atoms. The molecule has 160 valence electrons. The van der Waals surface area contributed by atoms with Crippen LogP contribution in [0, 0.1) is 0 Å². The van der Waals surface area contributed by atoms with Crippen molar-refractivity contribution in [1.29, 1.82) is 0 Å². The van der Waals surface area contributed by atoms with Gasteiger partial charge in [-0.3, -0.25) is 9.59 Å². The van der Waals surface area contributed by atoms with Crippen molar-refractivity contribution in [3.8, 4) is 17.2 Å². The van der Waals surface area contributed by atoms with Crippen LogP contribution in [0.25, 0.3) is 0 Å². The number of carbonyl (C=O) groups is 2. The van der Waals surface area contributed by atoms with Gasteiger partial charge >= 0.3 is 0 Å². The van der Waals surface area contributed by atoms with E-state index in [0.717, 1.165) is 5.75 Å². The maximum absolute atomic E-state index is 12.0. The molecule has 2 aromatic rings. The highest BCUT2D eigenvalue weighted by Crippen LogP contribution is 2.35. The number of halogens is 1. The minimum absolute atomic E-state index is 0.00975. The number of carbonyl (C=O) groups excluding carboxylic acids is 2. The maximum atomic E-state index is 12.0. The molecule has 8 nitrogen and oxygen atoms in total. The highest BCUT2D eigenvalue weighted by molar-refractivity contribution is 9.10. The Hall–Kier alpha value is -3.07. The monoisotopic (exact) mass is 477 g/mol. The van der Waals surface area contributed by atoms with Crippen LogP contribution in [-0.4, -0.2) is 38.9 Å². The molecule has 0 bridgehead atoms. The molecule has 0 saturated carbocycles. The van der Waals surface area contributed by atoms with Crippen molar-refractivity contribution in [1.82, 2.24) is 5.43 Å². The van der Waals surface area contributed by atoms with Crippen LogP contribution >= 0.6 is 15.9 Å². The fourth-order valence-electron chi connectivity index (χ4n) is 2.50. The molecule has 0 saturated heterocycles. The lowest BCUT2D eigenvalue weighted by Gasteiger charge is -2.10. The Bertz CT molecular complexity index is 900. The number of nitrogens with zero attached hydrogens (tertiary/aromatic N) is 1. The lowest BCUT2D eigenvalue weighted by Crippen LogP contribution is -2.20. The van der Waals surface area contributed by atoms with E-state index >= 15 is 0 Å². The third-order valence-electron chi connectivity index (χ3n) is 3.89. The number of rotatable bonds is 10. The Morgan fingerprint density at radius 3 is 2.40 bits per heavy atom. The van der Waals surface area contributed by atoms with E-state index in [1.165, 1.54) is 13.3 Å². The maximum Gasteiger partial charge on any atom is 0.240 e. The van der Waals surface area contributed by atoms with Gasteiger partial charge in [0, 0.05) is 18.5 Å². The van der Waals surface area contributed by atoms with Gasteiger partial charge in [-0.25, -0.2) is 5.43 Å². The minimum atomic E-state index is -0.368. The van der Waals surface area contributed by atoms with E-state index < -0.39 is 0 Å². The van der Waals surface area contributed by atoms with Crippen molar-refractivity contribution in [3.05, 3.63) is 46.4 Å². The van der Waals surface area contributed by atoms with Gasteiger partial charge in [0.2, 0.25) is 11.8 Å². The molecule has 0 atom stereocenters. The normalized spacial score (nSPS) is 10.5. The second-order valence-corrected chi connectivity index (χ2v) is 6.89. The van der Waals surface area contributed by atoms with Gasteiger partial charge in [0.25, 0.3) is 0 Å². The largest absolute Gasteiger partial charge is 0.494 e. The average Bonchev–Trinajstić information content (AvgIpc) is 2.73. The summed E-state index contributed by atoms with van der Waals surface area (Å²) in [7, 11) is 3.08. The van der Waals surface area contributed by atoms with Gasteiger partial charge in [0.1, 0.15) is 5.75 Å². The summed E-state index contributed by atoms with van der Waals surface area (Å²) in [6.45, 7) is 2.48. The molecule has 2 amide bonds. The molecule has 0 aliphatic rings. The van der Waals surface area contributed by atoms with Crippen LogP contribution in [0.4, 0.5) is 5.69 Å². The van der Waals surface area contributed by atoms with Crippen LogP contribution in [-0.2, 0) is 9.59 Å². The zero-order chi connectivity index (χ0) is 21.9. The second-order valence-electron chi connectivity index (χ2n) is 6.04. The first-order chi connectivity index (χ1) is 14.5. The summed E-state index contributed by atoms with van der Waals surface area (Å²) < 4.78 is 16.6. The Kier molecular flexibility index (Phi) is 9.14. The lowest BCUT2D eigenvalue weighted by molar-refractivity contribution is -0.124. The summed E-state index contributed by atoms with van der Waals surface area (Å²) in [5.41, 5.74) is 3.75. The first kappa shape index (κ1) is 23.2. The van der Waals surface area contributed by atoms with Crippen LogP contribution in [0.2, 0.25) is 0 Å². The van der Waals surface area contributed by atoms with E-state index in [0.29, 0.717) is 33.8 Å². The molecule has 0 fully saturated rings. The SMILES string of the molecule is CCOc1ccc(NC(=O)CCC(=O)N/N=C/c2cc(Br)c(OC)c(OC)c2)cc1. The first-order valence-corrected chi connectivity index (χ1v) is 10.0. The van der Waals surface area contributed by atoms with E-state index in [1.54, 1.807) is 43.5 Å². The first-order valence-electron chi connectivity index (χ1n) is 9.23. The van der Waals surface area contributed by atoms with Crippen LogP contribution in [0.15, 0.2) is 46.0 Å². The third kappa shape index (κ3) is 7.07. The minimum Gasteiger partial charge on any atom is -0.494 e. The number of ether oxygens (including phenoxy) is 3. The Labute approximate surface area is 183 Å². The number of benzene rings is 2. The summed E-state index contributed by atoms with van der Waals surface area (Å²) in [6.07, 6.45) is 1.52. The molecule has 2 N–H and O–H groups in total. The standard InChI is InChI=1S/C21H24BrN3O5/c1-4-30-16-7-5-15(6-8-16)24-19(26)9-10-20(27)25-23-13-14-11-17(22)21(29-3)18(12-14)28-2/h5-8,11-13H,4,9-10H2,1-3H3,(H,24,26)(H,25,27)/b23-13+. The van der Waals surface area contributed by atoms with Crippen molar-refractivity contribution < 1.29 is 23.8 Å². The summed E-state index contributed by atoms with van der Waals surface area (Å²) in [6, 6.07) is 10.5. The van der Waals surface area contributed by atoms with E-state index in [-0.39, 0.29) is 24.7 Å². The Morgan fingerprint density at radius 2 is 1.77 bits per heavy atom. The number of methoxy groups -OCH3 is 2. The number of nitrogens with one attached hydrogen (secondary N) is 2. The van der Waals surface area contributed by atoms with E-state index in [1.807, 2.05) is 6.92 Å². The summed E-state index contributed by atoms with van der Waals surface area (Å²) >= 11 is 3.39. The van der Waals surface area contributed by atoms with E-state index in [4.69, 9.17) is 14.2 Å². The van der Waals surface area contributed by atoms with Gasteiger partial charge in [-0.2, -0.15) is 5.10 Å². The predicted octanol–water partition coefficient (Wildman–Crippen LogP) is 3.73. The van der Waals surface area contributed by atoms with Crippen molar-refractivity contribution >= 4 is 39.6 Å². The summed E-state index contributed by atoms with van der Waals surface area (Å²) in [4.78, 5) is 23.9. The zero-order valence-corrected chi connectivity index (χ0v) is 18.6. The van der Waals surface area contributed by atoms with Gasteiger partial charge in [0.05, 0.1) is 31.5 Å². The van der Waals surface area contributed by atoms with Crippen molar-refractivity contribution in [3.63, 3.8) is 0 Å². The Balaban J connectivity index is 1.80. The molecule has 0 radical (unpaired) electrons.